The van der Waals surface area contributed by atoms with Crippen LogP contribution in [0.4, 0.5) is 0 Å². The summed E-state index contributed by atoms with van der Waals surface area (Å²) in [5, 5.41) is 10.8. The molecule has 1 unspecified atom stereocenters. The third kappa shape index (κ3) is 2.74. The smallest absolute Gasteiger partial charge is 0.137 e. The van der Waals surface area contributed by atoms with Gasteiger partial charge in [0.25, 0.3) is 0 Å². The molecule has 106 valence electrons. The second-order valence-electron chi connectivity index (χ2n) is 5.62. The Kier molecular flexibility index (Phi) is 4.42. The minimum absolute atomic E-state index is 0.174. The zero-order valence-corrected chi connectivity index (χ0v) is 12.1. The van der Waals surface area contributed by atoms with Crippen LogP contribution in [0, 0.1) is 0 Å². The Hall–Kier alpha value is -1.13. The first kappa shape index (κ1) is 14.3. The van der Waals surface area contributed by atoms with Crippen molar-refractivity contribution in [2.75, 3.05) is 21.2 Å². The maximum Gasteiger partial charge on any atom is 0.137 e. The summed E-state index contributed by atoms with van der Waals surface area (Å²) < 4.78 is 5.20. The van der Waals surface area contributed by atoms with Crippen LogP contribution in [-0.4, -0.2) is 41.7 Å². The van der Waals surface area contributed by atoms with Gasteiger partial charge in [0.2, 0.25) is 0 Å². The van der Waals surface area contributed by atoms with Crippen molar-refractivity contribution in [3.8, 4) is 5.75 Å². The summed E-state index contributed by atoms with van der Waals surface area (Å²) in [7, 11) is 5.74. The monoisotopic (exact) mass is 264 g/mol. The lowest BCUT2D eigenvalue weighted by atomic mass is 9.75. The quantitative estimate of drug-likeness (QED) is 0.907. The average Bonchev–Trinajstić information content (AvgIpc) is 2.47. The molecule has 19 heavy (non-hydrogen) atoms. The van der Waals surface area contributed by atoms with E-state index in [1.54, 1.807) is 19.5 Å². The Morgan fingerprint density at radius 2 is 1.95 bits per heavy atom. The number of methoxy groups -OCH3 is 1. The second-order valence-corrected chi connectivity index (χ2v) is 5.62. The standard InChI is InChI=1S/C15H24N2O2/c1-17(2)15(7-5-4-6-8-15)14(18)12-9-13(19-3)11-16-10-12/h9-11,14,18H,4-8H2,1-3H3. The lowest BCUT2D eigenvalue weighted by Crippen LogP contribution is -2.50. The molecule has 0 amide bonds. The number of hydrogen-bond donors (Lipinski definition) is 1. The molecule has 1 aromatic heterocycles. The highest BCUT2D eigenvalue weighted by Gasteiger charge is 2.41. The molecule has 1 fully saturated rings. The molecule has 1 aromatic rings. The number of aromatic nitrogens is 1. The number of nitrogens with zero attached hydrogens (tertiary/aromatic N) is 2. The minimum Gasteiger partial charge on any atom is -0.495 e. The van der Waals surface area contributed by atoms with Crippen molar-refractivity contribution in [2.45, 2.75) is 43.7 Å². The molecule has 4 heteroatoms. The van der Waals surface area contributed by atoms with Gasteiger partial charge >= 0.3 is 0 Å². The van der Waals surface area contributed by atoms with Crippen molar-refractivity contribution < 1.29 is 9.84 Å². The molecule has 1 aliphatic carbocycles. The van der Waals surface area contributed by atoms with Crippen LogP contribution in [0.15, 0.2) is 18.5 Å². The molecular weight excluding hydrogens is 240 g/mol. The Bertz CT molecular complexity index is 414. The molecule has 4 nitrogen and oxygen atoms in total. The number of likely N-dealkylation sites (N-methyl/N-ethyl adjacent to an activating group) is 1. The molecule has 0 spiro atoms. The van der Waals surface area contributed by atoms with Gasteiger partial charge in [-0.2, -0.15) is 0 Å². The predicted octanol–water partition coefficient (Wildman–Crippen LogP) is 2.39. The highest BCUT2D eigenvalue weighted by atomic mass is 16.5. The molecule has 0 aliphatic heterocycles. The van der Waals surface area contributed by atoms with E-state index in [0.29, 0.717) is 5.75 Å². The minimum atomic E-state index is -0.523. The number of aliphatic hydroxyl groups is 1. The predicted molar refractivity (Wildman–Crippen MR) is 75.3 cm³/mol. The van der Waals surface area contributed by atoms with E-state index in [-0.39, 0.29) is 5.54 Å². The molecule has 1 atom stereocenters. The molecule has 2 rings (SSSR count). The lowest BCUT2D eigenvalue weighted by Gasteiger charge is -2.46. The van der Waals surface area contributed by atoms with E-state index in [1.807, 2.05) is 6.07 Å². The number of pyridine rings is 1. The van der Waals surface area contributed by atoms with Crippen LogP contribution < -0.4 is 4.74 Å². The highest BCUT2D eigenvalue weighted by molar-refractivity contribution is 5.27. The molecule has 1 aliphatic rings. The Labute approximate surface area is 115 Å². The van der Waals surface area contributed by atoms with Crippen LogP contribution in [0.25, 0.3) is 0 Å². The molecule has 0 bridgehead atoms. The summed E-state index contributed by atoms with van der Waals surface area (Å²) in [5.41, 5.74) is 0.668. The van der Waals surface area contributed by atoms with E-state index in [2.05, 4.69) is 24.0 Å². The van der Waals surface area contributed by atoms with Gasteiger partial charge in [-0.1, -0.05) is 19.3 Å². The Morgan fingerprint density at radius 3 is 2.53 bits per heavy atom. The van der Waals surface area contributed by atoms with E-state index in [0.717, 1.165) is 18.4 Å². The van der Waals surface area contributed by atoms with Gasteiger partial charge in [0.1, 0.15) is 5.75 Å². The van der Waals surface area contributed by atoms with Crippen LogP contribution in [-0.2, 0) is 0 Å². The first-order chi connectivity index (χ1) is 9.10. The molecule has 0 radical (unpaired) electrons. The molecule has 1 saturated carbocycles. The normalized spacial score (nSPS) is 20.3. The van der Waals surface area contributed by atoms with Crippen LogP contribution in [0.5, 0.6) is 5.75 Å². The van der Waals surface area contributed by atoms with E-state index in [9.17, 15) is 5.11 Å². The SMILES string of the molecule is COc1cncc(C(O)C2(N(C)C)CCCCC2)c1. The summed E-state index contributed by atoms with van der Waals surface area (Å²) in [6.07, 6.45) is 8.55. The summed E-state index contributed by atoms with van der Waals surface area (Å²) in [4.78, 5) is 6.34. The van der Waals surface area contributed by atoms with Crippen molar-refractivity contribution in [2.24, 2.45) is 0 Å². The summed E-state index contributed by atoms with van der Waals surface area (Å²) in [6, 6.07) is 1.89. The fraction of sp³-hybridized carbons (Fsp3) is 0.667. The van der Waals surface area contributed by atoms with Gasteiger partial charge in [0.05, 0.1) is 24.9 Å². The van der Waals surface area contributed by atoms with Crippen LogP contribution >= 0.6 is 0 Å². The van der Waals surface area contributed by atoms with Crippen molar-refractivity contribution in [1.82, 2.24) is 9.88 Å². The third-order valence-corrected chi connectivity index (χ3v) is 4.40. The highest BCUT2D eigenvalue weighted by Crippen LogP contribution is 2.42. The van der Waals surface area contributed by atoms with Gasteiger partial charge in [-0.25, -0.2) is 0 Å². The van der Waals surface area contributed by atoms with Crippen molar-refractivity contribution in [1.29, 1.82) is 0 Å². The van der Waals surface area contributed by atoms with Crippen LogP contribution in [0.1, 0.15) is 43.8 Å². The van der Waals surface area contributed by atoms with Gasteiger partial charge in [0, 0.05) is 11.8 Å². The topological polar surface area (TPSA) is 45.6 Å². The number of aliphatic hydroxyl groups excluding tert-OH is 1. The maximum absolute atomic E-state index is 10.8. The number of ether oxygens (including phenoxy) is 1. The van der Waals surface area contributed by atoms with Crippen molar-refractivity contribution in [3.63, 3.8) is 0 Å². The lowest BCUT2D eigenvalue weighted by molar-refractivity contribution is -0.0338. The third-order valence-electron chi connectivity index (χ3n) is 4.40. The van der Waals surface area contributed by atoms with Crippen molar-refractivity contribution >= 4 is 0 Å². The largest absolute Gasteiger partial charge is 0.495 e. The fourth-order valence-electron chi connectivity index (χ4n) is 3.14. The van der Waals surface area contributed by atoms with Gasteiger partial charge in [0.15, 0.2) is 0 Å². The molecule has 0 aromatic carbocycles. The van der Waals surface area contributed by atoms with E-state index in [1.165, 1.54) is 19.3 Å². The number of hydrogen-bond acceptors (Lipinski definition) is 4. The Morgan fingerprint density at radius 1 is 1.26 bits per heavy atom. The van der Waals surface area contributed by atoms with E-state index < -0.39 is 6.10 Å². The van der Waals surface area contributed by atoms with Crippen LogP contribution in [0.2, 0.25) is 0 Å². The first-order valence-electron chi connectivity index (χ1n) is 6.94. The number of rotatable bonds is 4. The Balaban J connectivity index is 2.30. The van der Waals surface area contributed by atoms with E-state index >= 15 is 0 Å². The fourth-order valence-corrected chi connectivity index (χ4v) is 3.14. The maximum atomic E-state index is 10.8. The molecule has 1 heterocycles. The molecule has 0 saturated heterocycles. The average molecular weight is 264 g/mol. The summed E-state index contributed by atoms with van der Waals surface area (Å²) >= 11 is 0. The summed E-state index contributed by atoms with van der Waals surface area (Å²) in [6.45, 7) is 0. The zero-order chi connectivity index (χ0) is 13.9. The molecular formula is C15H24N2O2. The van der Waals surface area contributed by atoms with Gasteiger partial charge in [-0.05, 0) is 33.0 Å². The van der Waals surface area contributed by atoms with Gasteiger partial charge < -0.3 is 14.7 Å². The van der Waals surface area contributed by atoms with Crippen LogP contribution in [0.3, 0.4) is 0 Å². The van der Waals surface area contributed by atoms with Crippen molar-refractivity contribution in [3.05, 3.63) is 24.0 Å². The first-order valence-corrected chi connectivity index (χ1v) is 6.94. The zero-order valence-electron chi connectivity index (χ0n) is 12.1. The van der Waals surface area contributed by atoms with Gasteiger partial charge in [-0.15, -0.1) is 0 Å². The second kappa shape index (κ2) is 5.88. The van der Waals surface area contributed by atoms with Gasteiger partial charge in [-0.3, -0.25) is 4.98 Å². The molecule has 1 N–H and O–H groups in total. The summed E-state index contributed by atoms with van der Waals surface area (Å²) in [5.74, 6) is 0.696. The van der Waals surface area contributed by atoms with E-state index in [4.69, 9.17) is 4.74 Å².